The third-order valence-electron chi connectivity index (χ3n) is 3.89. The van der Waals surface area contributed by atoms with Gasteiger partial charge in [-0.15, -0.1) is 0 Å². The number of carbonyl (C=O) groups excluding carboxylic acids is 1. The first-order valence-corrected chi connectivity index (χ1v) is 7.18. The predicted octanol–water partition coefficient (Wildman–Crippen LogP) is 2.41. The summed E-state index contributed by atoms with van der Waals surface area (Å²) >= 11 is 0. The van der Waals surface area contributed by atoms with E-state index in [0.29, 0.717) is 13.1 Å². The first-order valence-electron chi connectivity index (χ1n) is 7.18. The van der Waals surface area contributed by atoms with Gasteiger partial charge in [0.15, 0.2) is 0 Å². The second-order valence-corrected chi connectivity index (χ2v) is 5.95. The minimum absolute atomic E-state index is 0.0546. The summed E-state index contributed by atoms with van der Waals surface area (Å²) in [6.45, 7) is 2.57. The summed E-state index contributed by atoms with van der Waals surface area (Å²) in [7, 11) is 0. The average molecular weight is 281 g/mol. The molecule has 0 aliphatic carbocycles. The molecular formula is C18H19NO2. The van der Waals surface area contributed by atoms with Crippen molar-refractivity contribution < 1.29 is 9.90 Å². The lowest BCUT2D eigenvalue weighted by Gasteiger charge is -2.45. The maximum Gasteiger partial charge on any atom is 0.234 e. The molecule has 3 nitrogen and oxygen atoms in total. The van der Waals surface area contributed by atoms with Gasteiger partial charge < -0.3 is 10.0 Å². The van der Waals surface area contributed by atoms with Crippen LogP contribution in [0.25, 0.3) is 0 Å². The number of likely N-dealkylation sites (tertiary alicyclic amines) is 1. The Kier molecular flexibility index (Phi) is 3.52. The van der Waals surface area contributed by atoms with Gasteiger partial charge >= 0.3 is 0 Å². The van der Waals surface area contributed by atoms with E-state index in [1.165, 1.54) is 0 Å². The third-order valence-corrected chi connectivity index (χ3v) is 3.89. The fourth-order valence-corrected chi connectivity index (χ4v) is 2.88. The van der Waals surface area contributed by atoms with Crippen LogP contribution >= 0.6 is 0 Å². The highest BCUT2D eigenvalue weighted by Gasteiger charge is 2.42. The Morgan fingerprint density at radius 3 is 1.81 bits per heavy atom. The monoisotopic (exact) mass is 281 g/mol. The molecule has 2 aromatic carbocycles. The number of rotatable bonds is 3. The highest BCUT2D eigenvalue weighted by Crippen LogP contribution is 2.30. The van der Waals surface area contributed by atoms with Crippen LogP contribution in [0.4, 0.5) is 0 Å². The van der Waals surface area contributed by atoms with E-state index in [1.54, 1.807) is 11.8 Å². The zero-order chi connectivity index (χ0) is 14.9. The van der Waals surface area contributed by atoms with Gasteiger partial charge in [-0.2, -0.15) is 0 Å². The lowest BCUT2D eigenvalue weighted by Crippen LogP contribution is -2.62. The van der Waals surface area contributed by atoms with Gasteiger partial charge in [0.25, 0.3) is 0 Å². The Labute approximate surface area is 124 Å². The van der Waals surface area contributed by atoms with Crippen molar-refractivity contribution in [3.8, 4) is 0 Å². The van der Waals surface area contributed by atoms with Gasteiger partial charge in [-0.05, 0) is 18.1 Å². The zero-order valence-electron chi connectivity index (χ0n) is 12.1. The van der Waals surface area contributed by atoms with Crippen molar-refractivity contribution in [2.24, 2.45) is 0 Å². The Hall–Kier alpha value is -2.13. The summed E-state index contributed by atoms with van der Waals surface area (Å²) in [5, 5.41) is 9.86. The van der Waals surface area contributed by atoms with Crippen LogP contribution in [0.15, 0.2) is 60.7 Å². The standard InChI is InChI=1S/C18H19NO2/c1-18(21)12-19(13-18)17(20)16(14-8-4-2-5-9-14)15-10-6-3-7-11-15/h2-11,16,21H,12-13H2,1H3. The smallest absolute Gasteiger partial charge is 0.234 e. The molecule has 0 aromatic heterocycles. The molecule has 1 fully saturated rings. The van der Waals surface area contributed by atoms with Crippen molar-refractivity contribution >= 4 is 5.91 Å². The third kappa shape index (κ3) is 2.83. The molecule has 1 N–H and O–H groups in total. The molecule has 1 aliphatic rings. The molecule has 21 heavy (non-hydrogen) atoms. The molecule has 0 spiro atoms. The summed E-state index contributed by atoms with van der Waals surface area (Å²) in [6.07, 6.45) is 0. The number of hydrogen-bond donors (Lipinski definition) is 1. The molecule has 0 radical (unpaired) electrons. The van der Waals surface area contributed by atoms with E-state index in [4.69, 9.17) is 0 Å². The summed E-state index contributed by atoms with van der Waals surface area (Å²) < 4.78 is 0. The van der Waals surface area contributed by atoms with Gasteiger partial charge in [-0.1, -0.05) is 60.7 Å². The van der Waals surface area contributed by atoms with Crippen LogP contribution in [0, 0.1) is 0 Å². The van der Waals surface area contributed by atoms with Crippen molar-refractivity contribution in [1.82, 2.24) is 4.90 Å². The molecular weight excluding hydrogens is 262 g/mol. The zero-order valence-corrected chi connectivity index (χ0v) is 12.1. The lowest BCUT2D eigenvalue weighted by atomic mass is 9.87. The number of hydrogen-bond acceptors (Lipinski definition) is 2. The van der Waals surface area contributed by atoms with Gasteiger partial charge in [-0.3, -0.25) is 4.79 Å². The second-order valence-electron chi connectivity index (χ2n) is 5.95. The van der Waals surface area contributed by atoms with Crippen LogP contribution in [-0.2, 0) is 4.79 Å². The topological polar surface area (TPSA) is 40.5 Å². The number of carbonyl (C=O) groups is 1. The summed E-state index contributed by atoms with van der Waals surface area (Å²) in [5.74, 6) is -0.248. The lowest BCUT2D eigenvalue weighted by molar-refractivity contribution is -0.152. The van der Waals surface area contributed by atoms with E-state index in [0.717, 1.165) is 11.1 Å². The summed E-state index contributed by atoms with van der Waals surface area (Å²) in [4.78, 5) is 14.6. The van der Waals surface area contributed by atoms with Crippen molar-refractivity contribution in [1.29, 1.82) is 0 Å². The number of benzene rings is 2. The Bertz CT molecular complexity index is 575. The number of amides is 1. The Morgan fingerprint density at radius 2 is 1.43 bits per heavy atom. The van der Waals surface area contributed by atoms with Crippen LogP contribution in [0.1, 0.15) is 24.0 Å². The quantitative estimate of drug-likeness (QED) is 0.938. The molecule has 2 aromatic rings. The molecule has 0 atom stereocenters. The van der Waals surface area contributed by atoms with Crippen molar-refractivity contribution in [2.75, 3.05) is 13.1 Å². The van der Waals surface area contributed by atoms with Gasteiger partial charge in [0.1, 0.15) is 0 Å². The van der Waals surface area contributed by atoms with Gasteiger partial charge in [0.2, 0.25) is 5.91 Å². The maximum atomic E-state index is 12.8. The van der Waals surface area contributed by atoms with E-state index in [9.17, 15) is 9.90 Å². The van der Waals surface area contributed by atoms with E-state index in [2.05, 4.69) is 0 Å². The second kappa shape index (κ2) is 5.34. The van der Waals surface area contributed by atoms with Crippen molar-refractivity contribution in [3.05, 3.63) is 71.8 Å². The molecule has 0 saturated carbocycles. The highest BCUT2D eigenvalue weighted by atomic mass is 16.3. The van der Waals surface area contributed by atoms with E-state index < -0.39 is 5.60 Å². The number of nitrogens with zero attached hydrogens (tertiary/aromatic N) is 1. The minimum Gasteiger partial charge on any atom is -0.386 e. The van der Waals surface area contributed by atoms with Crippen LogP contribution in [0.5, 0.6) is 0 Å². The van der Waals surface area contributed by atoms with Crippen molar-refractivity contribution in [2.45, 2.75) is 18.4 Å². The van der Waals surface area contributed by atoms with Gasteiger partial charge in [-0.25, -0.2) is 0 Å². The SMILES string of the molecule is CC1(O)CN(C(=O)C(c2ccccc2)c2ccccc2)C1. The molecule has 0 unspecified atom stereocenters. The van der Waals surface area contributed by atoms with Crippen LogP contribution < -0.4 is 0 Å². The fraction of sp³-hybridized carbons (Fsp3) is 0.278. The molecule has 1 amide bonds. The normalized spacial score (nSPS) is 16.6. The van der Waals surface area contributed by atoms with E-state index in [-0.39, 0.29) is 11.8 Å². The van der Waals surface area contributed by atoms with Crippen molar-refractivity contribution in [3.63, 3.8) is 0 Å². The van der Waals surface area contributed by atoms with E-state index in [1.807, 2.05) is 60.7 Å². The first-order chi connectivity index (χ1) is 10.1. The Morgan fingerprint density at radius 1 is 1.00 bits per heavy atom. The summed E-state index contributed by atoms with van der Waals surface area (Å²) in [6, 6.07) is 19.6. The molecule has 108 valence electrons. The summed E-state index contributed by atoms with van der Waals surface area (Å²) in [5.41, 5.74) is 1.23. The van der Waals surface area contributed by atoms with Crippen LogP contribution in [0.3, 0.4) is 0 Å². The molecule has 1 heterocycles. The van der Waals surface area contributed by atoms with Crippen LogP contribution in [-0.4, -0.2) is 34.6 Å². The number of aliphatic hydroxyl groups is 1. The highest BCUT2D eigenvalue weighted by molar-refractivity contribution is 5.88. The maximum absolute atomic E-state index is 12.8. The number of β-amino-alcohol motifs (C(OH)–C–C–N with tert-alkyl or cyclic N) is 1. The molecule has 1 saturated heterocycles. The van der Waals surface area contributed by atoms with E-state index >= 15 is 0 Å². The minimum atomic E-state index is -0.742. The average Bonchev–Trinajstić information content (AvgIpc) is 2.47. The molecule has 1 aliphatic heterocycles. The van der Waals surface area contributed by atoms with Gasteiger partial charge in [0.05, 0.1) is 24.6 Å². The first kappa shape index (κ1) is 13.8. The molecule has 0 bridgehead atoms. The van der Waals surface area contributed by atoms with Crippen LogP contribution in [0.2, 0.25) is 0 Å². The van der Waals surface area contributed by atoms with Gasteiger partial charge in [0, 0.05) is 0 Å². The fourth-order valence-electron chi connectivity index (χ4n) is 2.88. The predicted molar refractivity (Wildman–Crippen MR) is 81.9 cm³/mol. The molecule has 3 heteroatoms. The largest absolute Gasteiger partial charge is 0.386 e. The Balaban J connectivity index is 1.92. The molecule has 3 rings (SSSR count).